The Labute approximate surface area is 79.1 Å². The summed E-state index contributed by atoms with van der Waals surface area (Å²) in [6.07, 6.45) is 3.28. The zero-order chi connectivity index (χ0) is 8.97. The highest BCUT2D eigenvalue weighted by Crippen LogP contribution is 1.93. The predicted octanol–water partition coefficient (Wildman–Crippen LogP) is 0.545. The van der Waals surface area contributed by atoms with E-state index in [4.69, 9.17) is 0 Å². The zero-order valence-electron chi connectivity index (χ0n) is 6.75. The monoisotopic (exact) mass is 231 g/mol. The molecular formula is C7H10BrN3O. The van der Waals surface area contributed by atoms with Crippen molar-refractivity contribution in [1.82, 2.24) is 14.9 Å². The molecule has 5 heteroatoms. The van der Waals surface area contributed by atoms with Crippen molar-refractivity contribution in [2.75, 3.05) is 11.9 Å². The summed E-state index contributed by atoms with van der Waals surface area (Å²) in [5.41, 5.74) is 0.457. The molecule has 12 heavy (non-hydrogen) atoms. The Kier molecular flexibility index (Phi) is 3.28. The molecule has 0 saturated heterocycles. The number of aryl methyl sites for hydroxylation is 1. The van der Waals surface area contributed by atoms with Crippen LogP contribution in [0.25, 0.3) is 0 Å². The van der Waals surface area contributed by atoms with Crippen LogP contribution in [0.3, 0.4) is 0 Å². The second-order valence-corrected chi connectivity index (χ2v) is 3.16. The van der Waals surface area contributed by atoms with E-state index in [1.54, 1.807) is 17.1 Å². The number of carbonyl (C=O) groups excluding carboxylic acids is 1. The Morgan fingerprint density at radius 3 is 3.08 bits per heavy atom. The molecule has 0 radical (unpaired) electrons. The Balaban J connectivity index is 2.53. The van der Waals surface area contributed by atoms with E-state index in [9.17, 15) is 4.79 Å². The lowest BCUT2D eigenvalue weighted by molar-refractivity contribution is 0.0951. The van der Waals surface area contributed by atoms with Crippen LogP contribution in [0.1, 0.15) is 10.5 Å². The molecule has 0 spiro atoms. The van der Waals surface area contributed by atoms with Crippen LogP contribution in [0.4, 0.5) is 0 Å². The van der Waals surface area contributed by atoms with Gasteiger partial charge in [-0.1, -0.05) is 15.9 Å². The van der Waals surface area contributed by atoms with Crippen molar-refractivity contribution in [2.45, 2.75) is 0 Å². The molecule has 66 valence electrons. The fourth-order valence-electron chi connectivity index (χ4n) is 0.781. The third-order valence-corrected chi connectivity index (χ3v) is 1.71. The first-order valence-electron chi connectivity index (χ1n) is 3.56. The molecule has 0 aromatic carbocycles. The van der Waals surface area contributed by atoms with Crippen LogP contribution >= 0.6 is 15.9 Å². The van der Waals surface area contributed by atoms with Crippen molar-refractivity contribution in [3.8, 4) is 0 Å². The molecule has 1 aromatic rings. The van der Waals surface area contributed by atoms with E-state index in [2.05, 4.69) is 26.2 Å². The van der Waals surface area contributed by atoms with Crippen LogP contribution in [0.5, 0.6) is 0 Å². The Hall–Kier alpha value is -0.840. The van der Waals surface area contributed by atoms with Gasteiger partial charge in [0, 0.05) is 25.1 Å². The van der Waals surface area contributed by atoms with Crippen molar-refractivity contribution < 1.29 is 4.79 Å². The van der Waals surface area contributed by atoms with Gasteiger partial charge in [0.2, 0.25) is 0 Å². The Bertz CT molecular complexity index is 271. The lowest BCUT2D eigenvalue weighted by atomic mass is 10.4. The lowest BCUT2D eigenvalue weighted by Gasteiger charge is -1.97. The van der Waals surface area contributed by atoms with E-state index in [0.717, 1.165) is 5.33 Å². The van der Waals surface area contributed by atoms with Crippen molar-refractivity contribution in [3.05, 3.63) is 18.2 Å². The maximum absolute atomic E-state index is 11.2. The summed E-state index contributed by atoms with van der Waals surface area (Å²) in [5, 5.41) is 3.46. The number of carbonyl (C=O) groups is 1. The number of aromatic nitrogens is 2. The van der Waals surface area contributed by atoms with Gasteiger partial charge in [-0.2, -0.15) is 0 Å². The number of nitrogens with one attached hydrogen (secondary N) is 1. The van der Waals surface area contributed by atoms with E-state index in [1.807, 2.05) is 7.05 Å². The van der Waals surface area contributed by atoms with Gasteiger partial charge in [-0.25, -0.2) is 4.98 Å². The largest absolute Gasteiger partial charge is 0.350 e. The minimum atomic E-state index is -0.130. The summed E-state index contributed by atoms with van der Waals surface area (Å²) in [6, 6.07) is 0. The molecule has 1 aromatic heterocycles. The molecule has 1 amide bonds. The zero-order valence-corrected chi connectivity index (χ0v) is 8.34. The first-order valence-corrected chi connectivity index (χ1v) is 4.68. The second kappa shape index (κ2) is 4.25. The number of imidazole rings is 1. The Morgan fingerprint density at radius 2 is 2.58 bits per heavy atom. The highest BCUT2D eigenvalue weighted by atomic mass is 79.9. The third-order valence-electron chi connectivity index (χ3n) is 1.32. The van der Waals surface area contributed by atoms with Crippen LogP contribution in [0, 0.1) is 0 Å². The van der Waals surface area contributed by atoms with Gasteiger partial charge in [0.25, 0.3) is 5.91 Å². The molecule has 1 rings (SSSR count). The molecule has 0 aliphatic carbocycles. The standard InChI is InChI=1S/C7H10BrN3O/c1-11-4-6(10-5-11)7(12)9-3-2-8/h4-5H,2-3H2,1H3,(H,9,12). The number of halogens is 1. The number of hydrogen-bond donors (Lipinski definition) is 1. The SMILES string of the molecule is Cn1cnc(C(=O)NCCBr)c1. The summed E-state index contributed by atoms with van der Waals surface area (Å²) in [7, 11) is 1.83. The number of rotatable bonds is 3. The number of hydrogen-bond acceptors (Lipinski definition) is 2. The molecule has 0 bridgehead atoms. The fraction of sp³-hybridized carbons (Fsp3) is 0.429. The fourth-order valence-corrected chi connectivity index (χ4v) is 0.980. The second-order valence-electron chi connectivity index (χ2n) is 2.37. The number of amides is 1. The lowest BCUT2D eigenvalue weighted by Crippen LogP contribution is -2.25. The molecule has 0 aliphatic heterocycles. The third kappa shape index (κ3) is 2.34. The topological polar surface area (TPSA) is 46.9 Å². The normalized spacial score (nSPS) is 9.83. The van der Waals surface area contributed by atoms with Gasteiger partial charge in [-0.15, -0.1) is 0 Å². The first kappa shape index (κ1) is 9.25. The van der Waals surface area contributed by atoms with E-state index < -0.39 is 0 Å². The van der Waals surface area contributed by atoms with Crippen molar-refractivity contribution in [2.24, 2.45) is 7.05 Å². The Morgan fingerprint density at radius 1 is 1.83 bits per heavy atom. The molecule has 1 heterocycles. The minimum Gasteiger partial charge on any atom is -0.350 e. The number of alkyl halides is 1. The molecular weight excluding hydrogens is 222 g/mol. The summed E-state index contributed by atoms with van der Waals surface area (Å²) >= 11 is 3.22. The van der Waals surface area contributed by atoms with Crippen LogP contribution < -0.4 is 5.32 Å². The smallest absolute Gasteiger partial charge is 0.271 e. The molecule has 0 aliphatic rings. The quantitative estimate of drug-likeness (QED) is 0.773. The molecule has 0 atom stereocenters. The van der Waals surface area contributed by atoms with Crippen LogP contribution in [-0.4, -0.2) is 27.3 Å². The van der Waals surface area contributed by atoms with Gasteiger partial charge in [-0.3, -0.25) is 4.79 Å². The maximum Gasteiger partial charge on any atom is 0.271 e. The highest BCUT2D eigenvalue weighted by Gasteiger charge is 2.06. The van der Waals surface area contributed by atoms with Crippen molar-refractivity contribution in [1.29, 1.82) is 0 Å². The number of nitrogens with zero attached hydrogens (tertiary/aromatic N) is 2. The molecule has 0 saturated carbocycles. The van der Waals surface area contributed by atoms with Crippen molar-refractivity contribution >= 4 is 21.8 Å². The van der Waals surface area contributed by atoms with Gasteiger partial charge in [0.15, 0.2) is 0 Å². The molecule has 0 unspecified atom stereocenters. The maximum atomic E-state index is 11.2. The average Bonchev–Trinajstić information content (AvgIpc) is 2.47. The summed E-state index contributed by atoms with van der Waals surface area (Å²) in [6.45, 7) is 0.620. The first-order chi connectivity index (χ1) is 5.74. The van der Waals surface area contributed by atoms with Crippen LogP contribution in [-0.2, 0) is 7.05 Å². The van der Waals surface area contributed by atoms with E-state index in [1.165, 1.54) is 0 Å². The van der Waals surface area contributed by atoms with Crippen LogP contribution in [0.15, 0.2) is 12.5 Å². The van der Waals surface area contributed by atoms with Crippen LogP contribution in [0.2, 0.25) is 0 Å². The molecule has 1 N–H and O–H groups in total. The van der Waals surface area contributed by atoms with E-state index >= 15 is 0 Å². The van der Waals surface area contributed by atoms with Gasteiger partial charge >= 0.3 is 0 Å². The van der Waals surface area contributed by atoms with Gasteiger partial charge in [0.05, 0.1) is 6.33 Å². The van der Waals surface area contributed by atoms with Gasteiger partial charge in [0.1, 0.15) is 5.69 Å². The summed E-state index contributed by atoms with van der Waals surface area (Å²) in [4.78, 5) is 15.1. The van der Waals surface area contributed by atoms with E-state index in [-0.39, 0.29) is 5.91 Å². The molecule has 4 nitrogen and oxygen atoms in total. The summed E-state index contributed by atoms with van der Waals surface area (Å²) in [5.74, 6) is -0.130. The van der Waals surface area contributed by atoms with Gasteiger partial charge < -0.3 is 9.88 Å². The highest BCUT2D eigenvalue weighted by molar-refractivity contribution is 9.09. The molecule has 0 fully saturated rings. The predicted molar refractivity (Wildman–Crippen MR) is 49.3 cm³/mol. The average molecular weight is 232 g/mol. The summed E-state index contributed by atoms with van der Waals surface area (Å²) < 4.78 is 1.74. The minimum absolute atomic E-state index is 0.130. The van der Waals surface area contributed by atoms with Gasteiger partial charge in [-0.05, 0) is 0 Å². The van der Waals surface area contributed by atoms with E-state index in [0.29, 0.717) is 12.2 Å². The van der Waals surface area contributed by atoms with Crippen molar-refractivity contribution in [3.63, 3.8) is 0 Å².